The molecule has 1 aliphatic rings. The molecule has 4 aromatic carbocycles. The quantitative estimate of drug-likeness (QED) is 0.0929. The average molecular weight is 695 g/mol. The summed E-state index contributed by atoms with van der Waals surface area (Å²) in [7, 11) is 0. The molecule has 0 radical (unpaired) electrons. The number of aliphatic hydroxyl groups excluding tert-OH is 1. The van der Waals surface area contributed by atoms with Crippen molar-refractivity contribution >= 4 is 48.0 Å². The van der Waals surface area contributed by atoms with E-state index in [0.29, 0.717) is 11.6 Å². The van der Waals surface area contributed by atoms with Crippen LogP contribution in [0.25, 0.3) is 24.3 Å². The van der Waals surface area contributed by atoms with E-state index in [4.69, 9.17) is 14.6 Å². The van der Waals surface area contributed by atoms with Crippen LogP contribution in [0.15, 0.2) is 174 Å². The van der Waals surface area contributed by atoms with Crippen LogP contribution in [0.4, 0.5) is 0 Å². The molecule has 0 aromatic heterocycles. The second kappa shape index (κ2) is 23.7. The molecule has 1 aliphatic heterocycles. The van der Waals surface area contributed by atoms with E-state index in [1.807, 2.05) is 140 Å². The molecule has 0 fully saturated rings. The first kappa shape index (κ1) is 39.8. The Hall–Kier alpha value is -6.64. The molecule has 8 nitrogen and oxygen atoms in total. The number of benzene rings is 4. The molecule has 1 heterocycles. The van der Waals surface area contributed by atoms with E-state index < -0.39 is 17.8 Å². The predicted molar refractivity (Wildman–Crippen MR) is 209 cm³/mol. The summed E-state index contributed by atoms with van der Waals surface area (Å²) in [5, 5.41) is 10.1. The minimum Gasteiger partial charge on any atom is -0.461 e. The molecule has 264 valence electrons. The molecule has 0 spiro atoms. The second-order valence-corrected chi connectivity index (χ2v) is 10.5. The van der Waals surface area contributed by atoms with Gasteiger partial charge in [0.25, 0.3) is 0 Å². The molecule has 0 atom stereocenters. The number of ether oxygens (including phenoxy) is 2. The van der Waals surface area contributed by atoms with Gasteiger partial charge in [0.1, 0.15) is 5.70 Å². The lowest BCUT2D eigenvalue weighted by molar-refractivity contribution is -0.139. The van der Waals surface area contributed by atoms with Gasteiger partial charge in [0.15, 0.2) is 5.70 Å². The van der Waals surface area contributed by atoms with Crippen molar-refractivity contribution in [3.8, 4) is 0 Å². The highest BCUT2D eigenvalue weighted by Crippen LogP contribution is 2.14. The number of carbonyl (C=O) groups excluding carboxylic acids is 3. The van der Waals surface area contributed by atoms with Crippen LogP contribution in [-0.4, -0.2) is 42.1 Å². The number of allylic oxidation sites excluding steroid dienone is 4. The zero-order chi connectivity index (χ0) is 37.2. The molecule has 0 unspecified atom stereocenters. The van der Waals surface area contributed by atoms with Crippen molar-refractivity contribution < 1.29 is 29.0 Å². The maximum Gasteiger partial charge on any atom is 0.363 e. The first-order chi connectivity index (χ1) is 25.4. The Labute approximate surface area is 305 Å². The number of carbonyl (C=O) groups is 3. The topological polar surface area (TPSA) is 114 Å². The Morgan fingerprint density at radius 1 is 0.692 bits per heavy atom. The summed E-state index contributed by atoms with van der Waals surface area (Å²) in [6, 6.07) is 38.7. The van der Waals surface area contributed by atoms with E-state index >= 15 is 0 Å². The number of nitrogens with zero attached hydrogens (tertiary/aromatic N) is 1. The summed E-state index contributed by atoms with van der Waals surface area (Å²) in [4.78, 5) is 40.1. The summed E-state index contributed by atoms with van der Waals surface area (Å²) < 4.78 is 10.1. The molecule has 0 saturated carbocycles. The molecule has 52 heavy (non-hydrogen) atoms. The number of aliphatic hydroxyl groups is 1. The Morgan fingerprint density at radius 3 is 1.65 bits per heavy atom. The fraction of sp³-hybridized carbons (Fsp3) is 0.0909. The molecule has 1 amide bonds. The summed E-state index contributed by atoms with van der Waals surface area (Å²) in [6.07, 6.45) is 17.0. The highest BCUT2D eigenvalue weighted by Gasteiger charge is 2.20. The van der Waals surface area contributed by atoms with Crippen molar-refractivity contribution in [3.05, 3.63) is 191 Å². The van der Waals surface area contributed by atoms with Crippen molar-refractivity contribution in [2.24, 2.45) is 4.99 Å². The number of aliphatic imine (C=N–C) groups is 1. The van der Waals surface area contributed by atoms with Crippen LogP contribution in [0.3, 0.4) is 0 Å². The Balaban J connectivity index is 0.000000262. The molecule has 2 N–H and O–H groups in total. The minimum atomic E-state index is -0.577. The van der Waals surface area contributed by atoms with Gasteiger partial charge in [-0.25, -0.2) is 14.6 Å². The lowest BCUT2D eigenvalue weighted by atomic mass is 10.2. The third-order valence-corrected chi connectivity index (χ3v) is 6.53. The number of amides is 1. The first-order valence-corrected chi connectivity index (χ1v) is 16.6. The fourth-order valence-corrected chi connectivity index (χ4v) is 4.16. The van der Waals surface area contributed by atoms with Gasteiger partial charge in [0, 0.05) is 18.8 Å². The van der Waals surface area contributed by atoms with E-state index in [0.717, 1.165) is 22.3 Å². The van der Waals surface area contributed by atoms with Crippen molar-refractivity contribution in [2.75, 3.05) is 13.2 Å². The maximum atomic E-state index is 12.1. The van der Waals surface area contributed by atoms with E-state index in [2.05, 4.69) is 10.3 Å². The molecule has 5 rings (SSSR count). The van der Waals surface area contributed by atoms with Crippen LogP contribution < -0.4 is 5.32 Å². The van der Waals surface area contributed by atoms with E-state index in [9.17, 15) is 14.4 Å². The fourth-order valence-electron chi connectivity index (χ4n) is 4.16. The zero-order valence-corrected chi connectivity index (χ0v) is 29.2. The van der Waals surface area contributed by atoms with E-state index in [1.165, 1.54) is 12.2 Å². The van der Waals surface area contributed by atoms with Crippen molar-refractivity contribution in [1.29, 1.82) is 0 Å². The lowest BCUT2D eigenvalue weighted by Crippen LogP contribution is -2.27. The van der Waals surface area contributed by atoms with Gasteiger partial charge in [-0.1, -0.05) is 146 Å². The highest BCUT2D eigenvalue weighted by atomic mass is 16.6. The van der Waals surface area contributed by atoms with Crippen LogP contribution in [-0.2, 0) is 23.9 Å². The standard InChI is InChI=1S/C22H21NO3.C20H15NO2.C2H6O/c1-2-26-22(25)20(15-9-14-18-10-5-3-6-11-18)23-21(24)17-16-19-12-7-4-8-13-19;22-20-18(13-7-12-16-8-3-1-4-9-16)21-19(23-20)15-14-17-10-5-2-6-11-17;1-2-3/h3-17H,2H2,1H3,(H,23,24);1-15H;3H,2H2,1H3/b14-9+,17-16+,20-15-;12-7+,15-14+,18-13-;. The monoisotopic (exact) mass is 694 g/mol. The molecule has 0 bridgehead atoms. The van der Waals surface area contributed by atoms with Gasteiger partial charge in [0.2, 0.25) is 11.8 Å². The van der Waals surface area contributed by atoms with E-state index in [1.54, 1.807) is 44.2 Å². The molecule has 0 aliphatic carbocycles. The van der Waals surface area contributed by atoms with Gasteiger partial charge in [0.05, 0.1) is 6.61 Å². The largest absolute Gasteiger partial charge is 0.461 e. The molecular formula is C44H42N2O6. The number of hydrogen-bond donors (Lipinski definition) is 2. The minimum absolute atomic E-state index is 0.0849. The molecular weight excluding hydrogens is 652 g/mol. The van der Waals surface area contributed by atoms with Gasteiger partial charge in [-0.05, 0) is 60.4 Å². The summed E-state index contributed by atoms with van der Waals surface area (Å²) in [5.41, 5.74) is 4.35. The highest BCUT2D eigenvalue weighted by molar-refractivity contribution is 6.10. The van der Waals surface area contributed by atoms with Gasteiger partial charge >= 0.3 is 11.9 Å². The molecule has 8 heteroatoms. The van der Waals surface area contributed by atoms with Crippen molar-refractivity contribution in [1.82, 2.24) is 5.32 Å². The van der Waals surface area contributed by atoms with Crippen molar-refractivity contribution in [3.63, 3.8) is 0 Å². The molecule has 4 aromatic rings. The smallest absolute Gasteiger partial charge is 0.363 e. The number of cyclic esters (lactones) is 1. The van der Waals surface area contributed by atoms with Crippen LogP contribution in [0, 0.1) is 0 Å². The van der Waals surface area contributed by atoms with Gasteiger partial charge in [-0.2, -0.15) is 0 Å². The number of hydrogen-bond acceptors (Lipinski definition) is 7. The van der Waals surface area contributed by atoms with Gasteiger partial charge in [-0.15, -0.1) is 0 Å². The normalized spacial score (nSPS) is 13.4. The van der Waals surface area contributed by atoms with Gasteiger partial charge in [-0.3, -0.25) is 4.79 Å². The Morgan fingerprint density at radius 2 is 1.15 bits per heavy atom. The maximum absolute atomic E-state index is 12.1. The van der Waals surface area contributed by atoms with Crippen LogP contribution in [0.5, 0.6) is 0 Å². The molecule has 0 saturated heterocycles. The first-order valence-electron chi connectivity index (χ1n) is 16.6. The van der Waals surface area contributed by atoms with Gasteiger partial charge < -0.3 is 19.9 Å². The third-order valence-electron chi connectivity index (χ3n) is 6.53. The summed E-state index contributed by atoms with van der Waals surface area (Å²) >= 11 is 0. The summed E-state index contributed by atoms with van der Waals surface area (Å²) in [5.74, 6) is -1.11. The number of nitrogens with one attached hydrogen (secondary N) is 1. The van der Waals surface area contributed by atoms with Crippen LogP contribution in [0.2, 0.25) is 0 Å². The van der Waals surface area contributed by atoms with Crippen LogP contribution in [0.1, 0.15) is 36.1 Å². The van der Waals surface area contributed by atoms with E-state index in [-0.39, 0.29) is 18.9 Å². The second-order valence-electron chi connectivity index (χ2n) is 10.5. The number of esters is 2. The van der Waals surface area contributed by atoms with Crippen LogP contribution >= 0.6 is 0 Å². The Kier molecular flexibility index (Phi) is 18.1. The Bertz CT molecular complexity index is 1910. The zero-order valence-electron chi connectivity index (χ0n) is 29.2. The lowest BCUT2D eigenvalue weighted by Gasteiger charge is -2.06. The number of rotatable bonds is 11. The average Bonchev–Trinajstić information content (AvgIpc) is 3.53. The summed E-state index contributed by atoms with van der Waals surface area (Å²) in [6.45, 7) is 3.88. The third kappa shape index (κ3) is 15.7. The SMILES string of the molecule is CCO.CCOC(=O)/C(=C/C=C/c1ccccc1)NC(=O)/C=C/c1ccccc1.O=C1OC(/C=C/c2ccccc2)=NC/1=C\C=C\c1ccccc1. The van der Waals surface area contributed by atoms with Crippen molar-refractivity contribution in [2.45, 2.75) is 13.8 Å². The predicted octanol–water partition coefficient (Wildman–Crippen LogP) is 8.23.